The summed E-state index contributed by atoms with van der Waals surface area (Å²) in [6.07, 6.45) is 0. The first-order valence-corrected chi connectivity index (χ1v) is 4.49. The van der Waals surface area contributed by atoms with Crippen LogP contribution in [0.25, 0.3) is 0 Å². The number of hydrogen-bond donors (Lipinski definition) is 3. The van der Waals surface area contributed by atoms with Crippen LogP contribution in [0.15, 0.2) is 0 Å². The van der Waals surface area contributed by atoms with Gasteiger partial charge in [0, 0.05) is 0 Å². The van der Waals surface area contributed by atoms with E-state index in [1.807, 2.05) is 0 Å². The van der Waals surface area contributed by atoms with Crippen molar-refractivity contribution in [2.45, 2.75) is 0 Å². The van der Waals surface area contributed by atoms with Crippen molar-refractivity contribution < 1.29 is 18.7 Å². The molecule has 1 heterocycles. The van der Waals surface area contributed by atoms with E-state index in [0.717, 1.165) is 0 Å². The van der Waals surface area contributed by atoms with Crippen LogP contribution in [0.1, 0.15) is 0 Å². The van der Waals surface area contributed by atoms with E-state index < -0.39 is 6.71 Å². The van der Waals surface area contributed by atoms with Crippen LogP contribution in [-0.4, -0.2) is 32.0 Å². The Morgan fingerprint density at radius 2 is 1.43 bits per heavy atom. The third-order valence-electron chi connectivity index (χ3n) is 0.275. The molecule has 0 aromatic rings. The molecule has 1 fully saturated rings. The predicted octanol–water partition coefficient (Wildman–Crippen LogP) is -1.41. The molecule has 0 radical (unpaired) electrons. The molecule has 1 aliphatic heterocycles. The molecular weight excluding hydrogens is 154 g/mol. The fourth-order valence-corrected chi connectivity index (χ4v) is 1.21. The van der Waals surface area contributed by atoms with Crippen LogP contribution in [0, 0.1) is 0 Å². The van der Waals surface area contributed by atoms with Crippen molar-refractivity contribution in [3.05, 3.63) is 0 Å². The van der Waals surface area contributed by atoms with Gasteiger partial charge in [0.05, 0.1) is 0 Å². The topological polar surface area (TPSA) is 73.2 Å². The molecule has 1 saturated heterocycles. The second-order valence-corrected chi connectivity index (χ2v) is 5.76. The Bertz CT molecular complexity index is 75.4. The average Bonchev–Trinajstić information content (AvgIpc) is 1.73. The first kappa shape index (κ1) is 8.15. The maximum atomic E-state index is 8.08. The van der Waals surface area contributed by atoms with Gasteiger partial charge in [-0.1, -0.05) is 0 Å². The maximum absolute atomic E-state index is 8.08. The Kier molecular flexibility index (Phi) is 1.82. The van der Waals surface area contributed by atoms with E-state index in [1.54, 1.807) is 0 Å². The molecule has 0 atom stereocenters. The van der Waals surface area contributed by atoms with Crippen LogP contribution < -0.4 is 0 Å². The summed E-state index contributed by atoms with van der Waals surface area (Å²) in [6.45, 7) is -4.38. The van der Waals surface area contributed by atoms with Gasteiger partial charge in [-0.05, 0) is 0 Å². The van der Waals surface area contributed by atoms with Crippen LogP contribution in [0.5, 0.6) is 0 Å². The molecule has 0 spiro atoms. The monoisotopic (exact) mass is 160 g/mol. The van der Waals surface area contributed by atoms with Gasteiger partial charge in [0.2, 0.25) is 0 Å². The van der Waals surface area contributed by atoms with E-state index in [1.165, 1.54) is 0 Å². The molecule has 3 N–H and O–H groups in total. The molecule has 0 amide bonds. The fourth-order valence-electron chi connectivity index (χ4n) is 0.0447. The van der Waals surface area contributed by atoms with Crippen LogP contribution >= 0.6 is 18.4 Å². The number of rotatable bonds is 0. The van der Waals surface area contributed by atoms with E-state index in [0.29, 0.717) is 11.7 Å². The molecule has 7 heteroatoms. The van der Waals surface area contributed by atoms with Crippen molar-refractivity contribution in [2.75, 3.05) is 0 Å². The van der Waals surface area contributed by atoms with Crippen molar-refractivity contribution >= 4 is 35.7 Å². The van der Waals surface area contributed by atoms with Gasteiger partial charge in [-0.25, -0.2) is 0 Å². The summed E-state index contributed by atoms with van der Waals surface area (Å²) in [5.74, 6) is 0. The Hall–Kier alpha value is 1.15. The van der Waals surface area contributed by atoms with Gasteiger partial charge < -0.3 is 0 Å². The fraction of sp³-hybridized carbons (Fsp3) is 0. The first-order chi connectivity index (χ1) is 2.47. The molecular formula is H6AlO4PS. The predicted molar refractivity (Wildman–Crippen MR) is 32.2 cm³/mol. The van der Waals surface area contributed by atoms with Crippen LogP contribution in [0.3, 0.4) is 0 Å². The van der Waals surface area contributed by atoms with E-state index in [4.69, 9.17) is 14.7 Å². The average molecular weight is 160 g/mol. The Morgan fingerprint density at radius 3 is 1.43 bits per heavy atom. The molecule has 7 heavy (non-hydrogen) atoms. The Labute approximate surface area is 54.8 Å². The van der Waals surface area contributed by atoms with E-state index in [2.05, 4.69) is 3.97 Å². The van der Waals surface area contributed by atoms with Crippen molar-refractivity contribution in [2.24, 2.45) is 0 Å². The minimum Gasteiger partial charge on any atom is 0.187 e. The summed E-state index contributed by atoms with van der Waals surface area (Å²) in [6, 6.07) is 0. The molecule has 0 aromatic heterocycles. The first-order valence-electron chi connectivity index (χ1n) is 1.13. The molecule has 1 rings (SSSR count). The molecule has 44 valence electrons. The normalized spacial score (nSPS) is 36.7. The minimum atomic E-state index is -4.38. The van der Waals surface area contributed by atoms with E-state index in [-0.39, 0.29) is 17.4 Å². The van der Waals surface area contributed by atoms with Gasteiger partial charge in [-0.2, -0.15) is 0 Å². The van der Waals surface area contributed by atoms with Gasteiger partial charge in [0.15, 0.2) is 17.4 Å². The third-order valence-corrected chi connectivity index (χ3v) is 2.47. The van der Waals surface area contributed by atoms with Crippen molar-refractivity contribution in [3.63, 3.8) is 0 Å². The van der Waals surface area contributed by atoms with Crippen LogP contribution in [0.2, 0.25) is 0 Å². The second kappa shape index (κ2) is 1.57. The quantitative estimate of drug-likeness (QED) is 0.176. The smallest absolute Gasteiger partial charge is 0.187 e. The largest absolute Gasteiger partial charge is 0.187 e. The van der Waals surface area contributed by atoms with Crippen LogP contribution in [-0.2, 0) is 3.97 Å². The molecule has 0 saturated carbocycles. The zero-order valence-corrected chi connectivity index (χ0v) is 4.32. The van der Waals surface area contributed by atoms with E-state index in [9.17, 15) is 0 Å². The van der Waals surface area contributed by atoms with Gasteiger partial charge in [0.25, 0.3) is 0 Å². The van der Waals surface area contributed by atoms with Gasteiger partial charge >= 0.3 is 37.0 Å². The van der Waals surface area contributed by atoms with Crippen LogP contribution in [0.4, 0.5) is 0 Å². The molecule has 0 aromatic carbocycles. The minimum absolute atomic E-state index is 0. The maximum Gasteiger partial charge on any atom is 0.187 e. The summed E-state index contributed by atoms with van der Waals surface area (Å²) >= 11 is 0.325. The second-order valence-electron chi connectivity index (χ2n) is 0.982. The van der Waals surface area contributed by atoms with Crippen molar-refractivity contribution in [1.82, 2.24) is 0 Å². The zero-order chi connectivity index (χ0) is 4.86. The number of hydrogen-bond acceptors (Lipinski definition) is 5. The summed E-state index contributed by atoms with van der Waals surface area (Å²) in [5, 5.41) is 0. The molecule has 0 unspecified atom stereocenters. The van der Waals surface area contributed by atoms with Gasteiger partial charge in [0.1, 0.15) is 0 Å². The molecule has 0 bridgehead atoms. The Balaban J connectivity index is 0.000000360. The Morgan fingerprint density at radius 1 is 1.29 bits per heavy atom. The zero-order valence-electron chi connectivity index (χ0n) is 2.61. The summed E-state index contributed by atoms with van der Waals surface area (Å²) in [4.78, 5) is 24.2. The summed E-state index contributed by atoms with van der Waals surface area (Å²) in [7, 11) is 0. The van der Waals surface area contributed by atoms with E-state index >= 15 is 0 Å². The van der Waals surface area contributed by atoms with Crippen molar-refractivity contribution in [1.29, 1.82) is 0 Å². The van der Waals surface area contributed by atoms with Crippen molar-refractivity contribution in [3.8, 4) is 0 Å². The standard InChI is InChI=1S/Al.H3O4PS.3H/c;1-5(2,3)4-6-5;;;/h;1-3H;;;. The molecule has 0 aliphatic carbocycles. The summed E-state index contributed by atoms with van der Waals surface area (Å²) < 4.78 is 3.80. The SMILES string of the molecule is OP1(O)(O)OS1.[AlH3]. The molecule has 4 nitrogen and oxygen atoms in total. The van der Waals surface area contributed by atoms with Gasteiger partial charge in [-0.3, -0.25) is 0 Å². The molecule has 1 aliphatic rings. The van der Waals surface area contributed by atoms with Gasteiger partial charge in [-0.15, -0.1) is 0 Å². The summed E-state index contributed by atoms with van der Waals surface area (Å²) in [5.41, 5.74) is 0. The third kappa shape index (κ3) is 2.86.